The highest BCUT2D eigenvalue weighted by Crippen LogP contribution is 2.36. The molecule has 0 spiro atoms. The predicted octanol–water partition coefficient (Wildman–Crippen LogP) is 3.84. The molecule has 12 heteroatoms. The number of aryl methyl sites for hydroxylation is 1. The van der Waals surface area contributed by atoms with Crippen LogP contribution in [-0.2, 0) is 12.0 Å². The van der Waals surface area contributed by atoms with Gasteiger partial charge in [0.2, 0.25) is 0 Å². The maximum atomic E-state index is 13.9. The Bertz CT molecular complexity index is 1570. The number of fused-ring (bicyclic) bond motifs is 2. The number of rotatable bonds is 5. The van der Waals surface area contributed by atoms with E-state index in [2.05, 4.69) is 30.4 Å². The van der Waals surface area contributed by atoms with Gasteiger partial charge >= 0.3 is 11.8 Å². The number of carbonyl (C=O) groups excluding carboxylic acids is 1. The van der Waals surface area contributed by atoms with Crippen LogP contribution in [0.5, 0.6) is 0 Å². The zero-order chi connectivity index (χ0) is 28.2. The van der Waals surface area contributed by atoms with Gasteiger partial charge in [0.25, 0.3) is 5.92 Å². The number of alkyl halides is 2. The van der Waals surface area contributed by atoms with Gasteiger partial charge in [-0.25, -0.2) is 18.3 Å². The number of carbonyl (C=O) groups is 1. The van der Waals surface area contributed by atoms with Crippen molar-refractivity contribution in [3.05, 3.63) is 59.6 Å². The molecule has 1 N–H and O–H groups in total. The van der Waals surface area contributed by atoms with Crippen LogP contribution in [-0.4, -0.2) is 73.7 Å². The molecule has 2 aliphatic rings. The Morgan fingerprint density at radius 1 is 1.23 bits per heavy atom. The van der Waals surface area contributed by atoms with Gasteiger partial charge in [0.15, 0.2) is 5.82 Å². The van der Waals surface area contributed by atoms with E-state index in [-0.39, 0.29) is 30.3 Å². The third-order valence-corrected chi connectivity index (χ3v) is 7.68. The fourth-order valence-electron chi connectivity index (χ4n) is 5.46. The summed E-state index contributed by atoms with van der Waals surface area (Å²) < 4.78 is 34.8. The molecule has 1 amide bonds. The Kier molecular flexibility index (Phi) is 6.32. The highest BCUT2D eigenvalue weighted by Gasteiger charge is 2.46. The molecule has 40 heavy (non-hydrogen) atoms. The van der Waals surface area contributed by atoms with Gasteiger partial charge in [-0.2, -0.15) is 10.1 Å². The van der Waals surface area contributed by atoms with E-state index >= 15 is 0 Å². The Labute approximate surface area is 230 Å². The molecule has 5 heterocycles. The van der Waals surface area contributed by atoms with E-state index in [4.69, 9.17) is 4.52 Å². The van der Waals surface area contributed by atoms with E-state index in [0.29, 0.717) is 32.0 Å². The van der Waals surface area contributed by atoms with Gasteiger partial charge in [-0.1, -0.05) is 38.1 Å². The van der Waals surface area contributed by atoms with Crippen LogP contribution in [0.25, 0.3) is 16.8 Å². The van der Waals surface area contributed by atoms with Crippen molar-refractivity contribution in [2.75, 3.05) is 31.1 Å². The third-order valence-electron chi connectivity index (χ3n) is 7.68. The van der Waals surface area contributed by atoms with Crippen LogP contribution in [0, 0.1) is 6.92 Å². The van der Waals surface area contributed by atoms with E-state index in [1.807, 2.05) is 63.1 Å². The monoisotopic (exact) mass is 550 g/mol. The minimum absolute atomic E-state index is 0.0605. The average molecular weight is 551 g/mol. The normalized spacial score (nSPS) is 19.2. The standard InChI is InChI=1S/C28H32F2N8O2/c1-17-9-18(5-6-19(17)12-31-24(39)25-34-26(35-40-25)27(2,3)4)23-22-10-20(14-38(22)33-16-32-23)36-7-8-37-15-28(29,30)11-21(37)13-36/h5-6,9-10,14,16,21H,7-8,11-13,15H2,1-4H3,(H,31,39). The number of nitrogens with zero attached hydrogens (tertiary/aromatic N) is 7. The van der Waals surface area contributed by atoms with Crippen LogP contribution >= 0.6 is 0 Å². The van der Waals surface area contributed by atoms with Gasteiger partial charge in [0.1, 0.15) is 6.33 Å². The Hall–Kier alpha value is -3.93. The second-order valence-corrected chi connectivity index (χ2v) is 11.8. The largest absolute Gasteiger partial charge is 0.367 e. The molecule has 0 bridgehead atoms. The van der Waals surface area contributed by atoms with E-state index in [0.717, 1.165) is 33.6 Å². The summed E-state index contributed by atoms with van der Waals surface area (Å²) >= 11 is 0. The first kappa shape index (κ1) is 26.3. The molecule has 3 aromatic heterocycles. The number of hydrogen-bond acceptors (Lipinski definition) is 8. The van der Waals surface area contributed by atoms with Crippen molar-refractivity contribution in [2.45, 2.75) is 58.0 Å². The first-order valence-electron chi connectivity index (χ1n) is 13.4. The first-order valence-corrected chi connectivity index (χ1v) is 13.4. The number of aromatic nitrogens is 5. The number of halogens is 2. The van der Waals surface area contributed by atoms with Crippen molar-refractivity contribution >= 4 is 17.1 Å². The lowest BCUT2D eigenvalue weighted by molar-refractivity contribution is 0.0125. The van der Waals surface area contributed by atoms with Crippen molar-refractivity contribution in [1.82, 2.24) is 35.0 Å². The van der Waals surface area contributed by atoms with Gasteiger partial charge in [0, 0.05) is 49.6 Å². The van der Waals surface area contributed by atoms with Crippen molar-refractivity contribution in [2.24, 2.45) is 0 Å². The second-order valence-electron chi connectivity index (χ2n) is 11.8. The molecule has 0 radical (unpaired) electrons. The van der Waals surface area contributed by atoms with Crippen LogP contribution < -0.4 is 10.2 Å². The van der Waals surface area contributed by atoms with E-state index in [1.54, 1.807) is 4.52 Å². The lowest BCUT2D eigenvalue weighted by atomic mass is 9.96. The molecule has 1 atom stereocenters. The van der Waals surface area contributed by atoms with Gasteiger partial charge in [-0.15, -0.1) is 0 Å². The van der Waals surface area contributed by atoms with Crippen LogP contribution in [0.1, 0.15) is 54.8 Å². The van der Waals surface area contributed by atoms with Crippen molar-refractivity contribution in [3.8, 4) is 11.3 Å². The van der Waals surface area contributed by atoms with Crippen LogP contribution in [0.15, 0.2) is 41.3 Å². The summed E-state index contributed by atoms with van der Waals surface area (Å²) in [5.74, 6) is -2.62. The molecule has 6 rings (SSSR count). The maximum absolute atomic E-state index is 13.9. The SMILES string of the molecule is Cc1cc(-c2ncnn3cc(N4CCN5CC(F)(F)CC5C4)cc23)ccc1CNC(=O)c1nc(C(C)(C)C)no1. The van der Waals surface area contributed by atoms with E-state index in [9.17, 15) is 13.6 Å². The summed E-state index contributed by atoms with van der Waals surface area (Å²) in [5, 5.41) is 11.1. The lowest BCUT2D eigenvalue weighted by Crippen LogP contribution is -2.50. The van der Waals surface area contributed by atoms with E-state index in [1.165, 1.54) is 6.33 Å². The summed E-state index contributed by atoms with van der Waals surface area (Å²) in [7, 11) is 0. The van der Waals surface area contributed by atoms with Crippen LogP contribution in [0.4, 0.5) is 14.5 Å². The average Bonchev–Trinajstić information content (AvgIpc) is 3.62. The molecule has 10 nitrogen and oxygen atoms in total. The maximum Gasteiger partial charge on any atom is 0.315 e. The Morgan fingerprint density at radius 2 is 2.05 bits per heavy atom. The molecule has 2 saturated heterocycles. The fourth-order valence-corrected chi connectivity index (χ4v) is 5.46. The Balaban J connectivity index is 1.18. The zero-order valence-corrected chi connectivity index (χ0v) is 23.0. The molecule has 2 fully saturated rings. The van der Waals surface area contributed by atoms with Gasteiger partial charge in [-0.3, -0.25) is 9.69 Å². The van der Waals surface area contributed by atoms with E-state index < -0.39 is 11.8 Å². The molecule has 0 saturated carbocycles. The summed E-state index contributed by atoms with van der Waals surface area (Å²) in [4.78, 5) is 25.4. The minimum atomic E-state index is -2.61. The zero-order valence-electron chi connectivity index (χ0n) is 23.0. The number of amides is 1. The molecule has 2 aliphatic heterocycles. The summed E-state index contributed by atoms with van der Waals surface area (Å²) in [6.45, 7) is 9.86. The topological polar surface area (TPSA) is 105 Å². The number of anilines is 1. The van der Waals surface area contributed by atoms with Gasteiger partial charge in [-0.05, 0) is 30.2 Å². The molecule has 0 aliphatic carbocycles. The predicted molar refractivity (Wildman–Crippen MR) is 144 cm³/mol. The summed E-state index contributed by atoms with van der Waals surface area (Å²) in [6, 6.07) is 7.83. The quantitative estimate of drug-likeness (QED) is 0.400. The smallest absolute Gasteiger partial charge is 0.315 e. The fraction of sp³-hybridized carbons (Fsp3) is 0.464. The van der Waals surface area contributed by atoms with Crippen molar-refractivity contribution in [3.63, 3.8) is 0 Å². The molecule has 4 aromatic rings. The number of piperazine rings is 1. The van der Waals surface area contributed by atoms with Crippen LogP contribution in [0.2, 0.25) is 0 Å². The van der Waals surface area contributed by atoms with Crippen LogP contribution in [0.3, 0.4) is 0 Å². The summed E-state index contributed by atoms with van der Waals surface area (Å²) in [5.41, 5.74) is 5.08. The highest BCUT2D eigenvalue weighted by atomic mass is 19.3. The summed E-state index contributed by atoms with van der Waals surface area (Å²) in [6.07, 6.45) is 3.35. The first-order chi connectivity index (χ1) is 19.0. The highest BCUT2D eigenvalue weighted by molar-refractivity contribution is 5.89. The number of benzene rings is 1. The molecule has 1 aromatic carbocycles. The van der Waals surface area contributed by atoms with Gasteiger partial charge < -0.3 is 14.7 Å². The van der Waals surface area contributed by atoms with Crippen molar-refractivity contribution in [1.29, 1.82) is 0 Å². The molecule has 210 valence electrons. The molecular weight excluding hydrogens is 518 g/mol. The second kappa shape index (κ2) is 9.61. The number of nitrogens with one attached hydrogen (secondary N) is 1. The Morgan fingerprint density at radius 3 is 2.80 bits per heavy atom. The lowest BCUT2D eigenvalue weighted by Gasteiger charge is -2.37. The minimum Gasteiger partial charge on any atom is -0.367 e. The number of hydrogen-bond donors (Lipinski definition) is 1. The molecule has 1 unspecified atom stereocenters. The van der Waals surface area contributed by atoms with Crippen molar-refractivity contribution < 1.29 is 18.1 Å². The molecular formula is C28H32F2N8O2. The third kappa shape index (κ3) is 5.03. The van der Waals surface area contributed by atoms with Gasteiger partial charge in [0.05, 0.1) is 29.6 Å².